The van der Waals surface area contributed by atoms with Crippen molar-refractivity contribution in [1.29, 1.82) is 5.26 Å². The molecule has 3 heterocycles. The Morgan fingerprint density at radius 1 is 1.16 bits per heavy atom. The molecule has 0 spiro atoms. The molecule has 0 radical (unpaired) electrons. The number of halogens is 1. The predicted octanol–water partition coefficient (Wildman–Crippen LogP) is 1.95. The summed E-state index contributed by atoms with van der Waals surface area (Å²) in [7, 11) is 0. The Balaban J connectivity index is 1.44. The van der Waals surface area contributed by atoms with Crippen molar-refractivity contribution in [3.8, 4) is 6.07 Å². The first-order valence-corrected chi connectivity index (χ1v) is 7.97. The summed E-state index contributed by atoms with van der Waals surface area (Å²) in [6.07, 6.45) is 3.13. The summed E-state index contributed by atoms with van der Waals surface area (Å²) in [5.41, 5.74) is 1.62. The Morgan fingerprint density at radius 3 is 2.76 bits per heavy atom. The zero-order valence-electron chi connectivity index (χ0n) is 13.4. The molecule has 0 saturated carbocycles. The lowest BCUT2D eigenvalue weighted by molar-refractivity contribution is 0.242. The van der Waals surface area contributed by atoms with Crippen LogP contribution in [0.25, 0.3) is 11.0 Å². The van der Waals surface area contributed by atoms with Crippen LogP contribution in [0.4, 0.5) is 10.2 Å². The monoisotopic (exact) mass is 338 g/mol. The highest BCUT2D eigenvalue weighted by Gasteiger charge is 2.22. The largest absolute Gasteiger partial charge is 0.356 e. The van der Waals surface area contributed by atoms with Gasteiger partial charge in [-0.2, -0.15) is 5.26 Å². The second kappa shape index (κ2) is 6.45. The molecule has 0 bridgehead atoms. The average Bonchev–Trinajstić information content (AvgIpc) is 3.04. The van der Waals surface area contributed by atoms with E-state index in [-0.39, 0.29) is 5.82 Å². The van der Waals surface area contributed by atoms with Gasteiger partial charge in [0.2, 0.25) is 0 Å². The molecule has 4 rings (SSSR count). The van der Waals surface area contributed by atoms with Crippen molar-refractivity contribution in [3.63, 3.8) is 0 Å². The highest BCUT2D eigenvalue weighted by atomic mass is 19.1. The van der Waals surface area contributed by atoms with Gasteiger partial charge < -0.3 is 9.42 Å². The van der Waals surface area contributed by atoms with Crippen molar-refractivity contribution in [2.45, 2.75) is 6.54 Å². The van der Waals surface area contributed by atoms with Crippen molar-refractivity contribution in [2.24, 2.45) is 0 Å². The summed E-state index contributed by atoms with van der Waals surface area (Å²) in [4.78, 5) is 12.7. The van der Waals surface area contributed by atoms with Crippen LogP contribution in [0, 0.1) is 17.1 Å². The highest BCUT2D eigenvalue weighted by Crippen LogP contribution is 2.22. The van der Waals surface area contributed by atoms with E-state index < -0.39 is 0 Å². The summed E-state index contributed by atoms with van der Waals surface area (Å²) >= 11 is 0. The molecular formula is C17H15FN6O. The lowest BCUT2D eigenvalue weighted by atomic mass is 10.2. The van der Waals surface area contributed by atoms with Gasteiger partial charge in [0, 0.05) is 56.6 Å². The molecule has 3 aromatic rings. The van der Waals surface area contributed by atoms with Gasteiger partial charge in [-0.05, 0) is 12.1 Å². The average molecular weight is 338 g/mol. The van der Waals surface area contributed by atoms with Crippen LogP contribution >= 0.6 is 0 Å². The van der Waals surface area contributed by atoms with Crippen molar-refractivity contribution >= 4 is 16.8 Å². The van der Waals surface area contributed by atoms with Crippen molar-refractivity contribution in [2.75, 3.05) is 31.1 Å². The van der Waals surface area contributed by atoms with E-state index in [1.54, 1.807) is 12.3 Å². The van der Waals surface area contributed by atoms with E-state index in [9.17, 15) is 4.39 Å². The Labute approximate surface area is 143 Å². The minimum absolute atomic E-state index is 0.332. The van der Waals surface area contributed by atoms with Crippen molar-refractivity contribution in [1.82, 2.24) is 20.0 Å². The maximum absolute atomic E-state index is 13.2. The Hall–Kier alpha value is -3.05. The molecule has 1 aromatic carbocycles. The van der Waals surface area contributed by atoms with Crippen LogP contribution in [0.3, 0.4) is 0 Å². The lowest BCUT2D eigenvalue weighted by Gasteiger charge is -2.35. The first-order valence-electron chi connectivity index (χ1n) is 7.97. The molecule has 0 atom stereocenters. The van der Waals surface area contributed by atoms with Crippen LogP contribution in [-0.4, -0.2) is 46.2 Å². The first-order chi connectivity index (χ1) is 12.2. The maximum atomic E-state index is 13.2. The number of nitrogens with zero attached hydrogens (tertiary/aromatic N) is 6. The molecule has 25 heavy (non-hydrogen) atoms. The quantitative estimate of drug-likeness (QED) is 0.722. The highest BCUT2D eigenvalue weighted by molar-refractivity contribution is 5.79. The molecule has 0 N–H and O–H groups in total. The summed E-state index contributed by atoms with van der Waals surface area (Å²) in [6.45, 7) is 3.74. The van der Waals surface area contributed by atoms with Crippen LogP contribution < -0.4 is 4.90 Å². The lowest BCUT2D eigenvalue weighted by Crippen LogP contribution is -2.46. The van der Waals surface area contributed by atoms with E-state index in [0.717, 1.165) is 37.3 Å². The van der Waals surface area contributed by atoms with E-state index in [0.29, 0.717) is 23.6 Å². The third-order valence-corrected chi connectivity index (χ3v) is 4.34. The zero-order valence-corrected chi connectivity index (χ0v) is 13.4. The standard InChI is InChI=1S/C17H15FN6O/c18-12-1-2-13-15(22-25-16(13)9-12)11-23-5-7-24(8-6-23)17-14(10-19)20-3-4-21-17/h1-4,9H,5-8,11H2. The Kier molecular flexibility index (Phi) is 3.99. The van der Waals surface area contributed by atoms with Crippen molar-refractivity contribution in [3.05, 3.63) is 47.8 Å². The maximum Gasteiger partial charge on any atom is 0.183 e. The van der Waals surface area contributed by atoms with Gasteiger partial charge in [-0.3, -0.25) is 4.90 Å². The van der Waals surface area contributed by atoms with Gasteiger partial charge in [-0.1, -0.05) is 5.16 Å². The van der Waals surface area contributed by atoms with Crippen LogP contribution in [0.1, 0.15) is 11.4 Å². The normalized spacial score (nSPS) is 15.4. The number of piperazine rings is 1. The number of aromatic nitrogens is 3. The van der Waals surface area contributed by atoms with Crippen LogP contribution in [-0.2, 0) is 6.54 Å². The summed E-state index contributed by atoms with van der Waals surface area (Å²) in [5.74, 6) is 0.299. The topological polar surface area (TPSA) is 82.1 Å². The fraction of sp³-hybridized carbons (Fsp3) is 0.294. The second-order valence-electron chi connectivity index (χ2n) is 5.87. The molecule has 0 unspecified atom stereocenters. The number of fused-ring (bicyclic) bond motifs is 1. The number of benzene rings is 1. The third-order valence-electron chi connectivity index (χ3n) is 4.34. The van der Waals surface area contributed by atoms with E-state index in [1.165, 1.54) is 18.3 Å². The van der Waals surface area contributed by atoms with E-state index >= 15 is 0 Å². The number of anilines is 1. The second-order valence-corrected chi connectivity index (χ2v) is 5.87. The predicted molar refractivity (Wildman–Crippen MR) is 88.2 cm³/mol. The van der Waals surface area contributed by atoms with Gasteiger partial charge in [0.25, 0.3) is 0 Å². The number of hydrogen-bond donors (Lipinski definition) is 0. The van der Waals surface area contributed by atoms with Gasteiger partial charge >= 0.3 is 0 Å². The minimum Gasteiger partial charge on any atom is -0.356 e. The molecule has 126 valence electrons. The van der Waals surface area contributed by atoms with Crippen LogP contribution in [0.2, 0.25) is 0 Å². The minimum atomic E-state index is -0.332. The molecule has 1 aliphatic heterocycles. The zero-order chi connectivity index (χ0) is 17.2. The summed E-state index contributed by atoms with van der Waals surface area (Å²) in [6, 6.07) is 6.55. The molecule has 0 aliphatic carbocycles. The molecule has 8 heteroatoms. The number of hydrogen-bond acceptors (Lipinski definition) is 7. The third kappa shape index (κ3) is 3.02. The fourth-order valence-electron chi connectivity index (χ4n) is 3.05. The summed E-state index contributed by atoms with van der Waals surface area (Å²) in [5, 5.41) is 14.1. The molecule has 2 aromatic heterocycles. The molecular weight excluding hydrogens is 323 g/mol. The van der Waals surface area contributed by atoms with Gasteiger partial charge in [0.05, 0.1) is 0 Å². The smallest absolute Gasteiger partial charge is 0.183 e. The number of nitriles is 1. The van der Waals surface area contributed by atoms with Crippen LogP contribution in [0.15, 0.2) is 35.1 Å². The fourth-order valence-corrected chi connectivity index (χ4v) is 3.05. The molecule has 1 fully saturated rings. The first kappa shape index (κ1) is 15.5. The van der Waals surface area contributed by atoms with Gasteiger partial charge in [-0.15, -0.1) is 0 Å². The Morgan fingerprint density at radius 2 is 1.96 bits per heavy atom. The van der Waals surface area contributed by atoms with E-state index in [4.69, 9.17) is 9.78 Å². The Bertz CT molecular complexity index is 942. The molecule has 1 saturated heterocycles. The summed E-state index contributed by atoms with van der Waals surface area (Å²) < 4.78 is 18.4. The molecule has 7 nitrogen and oxygen atoms in total. The SMILES string of the molecule is N#Cc1nccnc1N1CCN(Cc2noc3cc(F)ccc23)CC1. The van der Waals surface area contributed by atoms with E-state index in [2.05, 4.69) is 31.0 Å². The number of rotatable bonds is 3. The van der Waals surface area contributed by atoms with Gasteiger partial charge in [0.15, 0.2) is 17.1 Å². The molecule has 1 aliphatic rings. The van der Waals surface area contributed by atoms with E-state index in [1.807, 2.05) is 0 Å². The van der Waals surface area contributed by atoms with Gasteiger partial charge in [-0.25, -0.2) is 14.4 Å². The van der Waals surface area contributed by atoms with Gasteiger partial charge in [0.1, 0.15) is 17.6 Å². The van der Waals surface area contributed by atoms with Crippen molar-refractivity contribution < 1.29 is 8.91 Å². The van der Waals surface area contributed by atoms with Crippen LogP contribution in [0.5, 0.6) is 0 Å². The molecule has 0 amide bonds.